The first-order valence-corrected chi connectivity index (χ1v) is 4.03. The van der Waals surface area contributed by atoms with E-state index in [0.29, 0.717) is 5.89 Å². The maximum atomic E-state index is 5.39. The molecule has 4 nitrogen and oxygen atoms in total. The first kappa shape index (κ1) is 6.65. The highest BCUT2D eigenvalue weighted by Gasteiger charge is 2.04. The van der Waals surface area contributed by atoms with Crippen molar-refractivity contribution >= 4 is 22.0 Å². The van der Waals surface area contributed by atoms with Crippen LogP contribution in [0, 0.1) is 6.92 Å². The molecule has 1 N–H and O–H groups in total. The highest BCUT2D eigenvalue weighted by Crippen LogP contribution is 2.21. The quantitative estimate of drug-likeness (QED) is 0.565. The maximum Gasteiger partial charge on any atom is 0.192 e. The molecule has 13 heavy (non-hydrogen) atoms. The third kappa shape index (κ3) is 0.853. The van der Waals surface area contributed by atoms with Crippen LogP contribution in [-0.2, 0) is 0 Å². The van der Waals surface area contributed by atoms with E-state index < -0.39 is 0 Å². The van der Waals surface area contributed by atoms with E-state index in [-0.39, 0.29) is 0 Å². The van der Waals surface area contributed by atoms with Crippen molar-refractivity contribution in [2.24, 2.45) is 0 Å². The van der Waals surface area contributed by atoms with Crippen molar-refractivity contribution in [2.45, 2.75) is 6.92 Å². The van der Waals surface area contributed by atoms with E-state index >= 15 is 0 Å². The summed E-state index contributed by atoms with van der Waals surface area (Å²) in [4.78, 5) is 4.23. The Kier molecular flexibility index (Phi) is 1.07. The van der Waals surface area contributed by atoms with Gasteiger partial charge in [-0.15, -0.1) is 0 Å². The molecule has 0 saturated heterocycles. The number of benzene rings is 1. The predicted octanol–water partition coefficient (Wildman–Crippen LogP) is 2.01. The molecule has 1 aromatic carbocycles. The Morgan fingerprint density at radius 3 is 3.23 bits per heavy atom. The number of aryl methyl sites for hydroxylation is 1. The average molecular weight is 173 g/mol. The summed E-state index contributed by atoms with van der Waals surface area (Å²) < 4.78 is 5.39. The third-order valence-corrected chi connectivity index (χ3v) is 2.06. The fraction of sp³-hybridized carbons (Fsp3) is 0.111. The summed E-state index contributed by atoms with van der Waals surface area (Å²) in [5.74, 6) is 0.690. The molecule has 0 atom stereocenters. The van der Waals surface area contributed by atoms with Crippen LogP contribution in [0.15, 0.2) is 22.7 Å². The molecule has 3 rings (SSSR count). The Labute approximate surface area is 73.6 Å². The first-order chi connectivity index (χ1) is 6.33. The number of nitrogens with zero attached hydrogens (tertiary/aromatic N) is 2. The lowest BCUT2D eigenvalue weighted by Crippen LogP contribution is -1.70. The summed E-state index contributed by atoms with van der Waals surface area (Å²) in [5.41, 5.74) is 2.67. The van der Waals surface area contributed by atoms with Gasteiger partial charge >= 0.3 is 0 Å². The van der Waals surface area contributed by atoms with Crippen molar-refractivity contribution in [1.29, 1.82) is 0 Å². The van der Waals surface area contributed by atoms with Crippen molar-refractivity contribution in [2.75, 3.05) is 0 Å². The van der Waals surface area contributed by atoms with E-state index in [2.05, 4.69) is 15.2 Å². The minimum absolute atomic E-state index is 0.690. The van der Waals surface area contributed by atoms with Gasteiger partial charge in [0.2, 0.25) is 0 Å². The molecule has 64 valence electrons. The fourth-order valence-corrected chi connectivity index (χ4v) is 1.48. The standard InChI is InChI=1S/C9H7N3O/c1-5-11-8-3-7-6(4-10-12-7)2-9(8)13-5/h2-4H,1H3,(H,10,12). The Morgan fingerprint density at radius 2 is 2.31 bits per heavy atom. The molecular formula is C9H7N3O. The molecule has 0 radical (unpaired) electrons. The number of hydrogen-bond acceptors (Lipinski definition) is 3. The maximum absolute atomic E-state index is 5.39. The van der Waals surface area contributed by atoms with Crippen LogP contribution in [0.5, 0.6) is 0 Å². The summed E-state index contributed by atoms with van der Waals surface area (Å²) in [6.07, 6.45) is 1.77. The van der Waals surface area contributed by atoms with Crippen LogP contribution in [0.4, 0.5) is 0 Å². The van der Waals surface area contributed by atoms with Crippen molar-refractivity contribution in [3.63, 3.8) is 0 Å². The second-order valence-electron chi connectivity index (χ2n) is 3.01. The molecule has 0 aliphatic heterocycles. The molecule has 0 bridgehead atoms. The van der Waals surface area contributed by atoms with E-state index in [1.165, 1.54) is 0 Å². The second kappa shape index (κ2) is 2.10. The van der Waals surface area contributed by atoms with E-state index in [0.717, 1.165) is 22.0 Å². The van der Waals surface area contributed by atoms with E-state index in [9.17, 15) is 0 Å². The van der Waals surface area contributed by atoms with Crippen molar-refractivity contribution < 1.29 is 4.42 Å². The number of rotatable bonds is 0. The molecule has 0 saturated carbocycles. The molecule has 0 spiro atoms. The lowest BCUT2D eigenvalue weighted by Gasteiger charge is -1.86. The van der Waals surface area contributed by atoms with Gasteiger partial charge in [0, 0.05) is 12.3 Å². The van der Waals surface area contributed by atoms with Gasteiger partial charge in [-0.05, 0) is 12.1 Å². The molecule has 0 aliphatic rings. The van der Waals surface area contributed by atoms with E-state index in [1.54, 1.807) is 6.20 Å². The minimum Gasteiger partial charge on any atom is -0.441 e. The largest absolute Gasteiger partial charge is 0.441 e. The summed E-state index contributed by atoms with van der Waals surface area (Å²) in [6.45, 7) is 1.84. The molecule has 4 heteroatoms. The van der Waals surface area contributed by atoms with Gasteiger partial charge in [0.05, 0.1) is 11.7 Å². The number of aromatic amines is 1. The van der Waals surface area contributed by atoms with Crippen LogP contribution in [0.3, 0.4) is 0 Å². The Bertz CT molecular complexity index is 531. The first-order valence-electron chi connectivity index (χ1n) is 4.03. The summed E-state index contributed by atoms with van der Waals surface area (Å²) in [6, 6.07) is 3.88. The molecule has 0 aliphatic carbocycles. The Hall–Kier alpha value is -1.84. The van der Waals surface area contributed by atoms with Gasteiger partial charge < -0.3 is 4.42 Å². The molecule has 2 aromatic heterocycles. The van der Waals surface area contributed by atoms with Gasteiger partial charge in [0.1, 0.15) is 5.52 Å². The number of nitrogens with one attached hydrogen (secondary N) is 1. The second-order valence-corrected chi connectivity index (χ2v) is 3.01. The molecule has 3 aromatic rings. The topological polar surface area (TPSA) is 54.7 Å². The summed E-state index contributed by atoms with van der Waals surface area (Å²) in [7, 11) is 0. The molecule has 2 heterocycles. The number of hydrogen-bond donors (Lipinski definition) is 1. The monoisotopic (exact) mass is 173 g/mol. The number of oxazole rings is 1. The van der Waals surface area contributed by atoms with Crippen LogP contribution in [0.2, 0.25) is 0 Å². The number of fused-ring (bicyclic) bond motifs is 2. The lowest BCUT2D eigenvalue weighted by atomic mass is 10.2. The highest BCUT2D eigenvalue weighted by atomic mass is 16.3. The zero-order chi connectivity index (χ0) is 8.84. The number of aromatic nitrogens is 3. The van der Waals surface area contributed by atoms with Crippen LogP contribution in [0.25, 0.3) is 22.0 Å². The zero-order valence-electron chi connectivity index (χ0n) is 7.03. The normalized spacial score (nSPS) is 11.5. The highest BCUT2D eigenvalue weighted by molar-refractivity contribution is 5.91. The fourth-order valence-electron chi connectivity index (χ4n) is 1.48. The number of H-pyrrole nitrogens is 1. The lowest BCUT2D eigenvalue weighted by molar-refractivity contribution is 0.561. The van der Waals surface area contributed by atoms with Gasteiger partial charge in [-0.2, -0.15) is 5.10 Å². The summed E-state index contributed by atoms with van der Waals surface area (Å²) >= 11 is 0. The smallest absolute Gasteiger partial charge is 0.192 e. The molecule has 0 fully saturated rings. The third-order valence-electron chi connectivity index (χ3n) is 2.06. The van der Waals surface area contributed by atoms with Gasteiger partial charge in [-0.25, -0.2) is 4.98 Å². The van der Waals surface area contributed by atoms with Crippen LogP contribution >= 0.6 is 0 Å². The Balaban J connectivity index is 2.54. The SMILES string of the molecule is Cc1nc2cc3[nH]ncc3cc2o1. The predicted molar refractivity (Wildman–Crippen MR) is 48.4 cm³/mol. The van der Waals surface area contributed by atoms with Gasteiger partial charge in [0.25, 0.3) is 0 Å². The van der Waals surface area contributed by atoms with Gasteiger partial charge in [-0.1, -0.05) is 0 Å². The van der Waals surface area contributed by atoms with Crippen molar-refractivity contribution in [3.8, 4) is 0 Å². The minimum atomic E-state index is 0.690. The van der Waals surface area contributed by atoms with Gasteiger partial charge in [-0.3, -0.25) is 5.10 Å². The van der Waals surface area contributed by atoms with E-state index in [4.69, 9.17) is 4.42 Å². The zero-order valence-corrected chi connectivity index (χ0v) is 7.03. The molecular weight excluding hydrogens is 166 g/mol. The van der Waals surface area contributed by atoms with Crippen LogP contribution in [-0.4, -0.2) is 15.2 Å². The molecule has 0 unspecified atom stereocenters. The molecule has 0 amide bonds. The van der Waals surface area contributed by atoms with Crippen molar-refractivity contribution in [1.82, 2.24) is 15.2 Å². The van der Waals surface area contributed by atoms with Crippen LogP contribution in [0.1, 0.15) is 5.89 Å². The van der Waals surface area contributed by atoms with Crippen molar-refractivity contribution in [3.05, 3.63) is 24.2 Å². The summed E-state index contributed by atoms with van der Waals surface area (Å²) in [5, 5.41) is 7.87. The van der Waals surface area contributed by atoms with Gasteiger partial charge in [0.15, 0.2) is 11.5 Å². The van der Waals surface area contributed by atoms with E-state index in [1.807, 2.05) is 19.1 Å². The Morgan fingerprint density at radius 1 is 1.38 bits per heavy atom. The average Bonchev–Trinajstić information content (AvgIpc) is 2.63. The van der Waals surface area contributed by atoms with Crippen LogP contribution < -0.4 is 0 Å².